The van der Waals surface area contributed by atoms with E-state index >= 15 is 0 Å². The minimum Gasteiger partial charge on any atom is -0.456 e. The Morgan fingerprint density at radius 2 is 1.00 bits per heavy atom. The van der Waals surface area contributed by atoms with Crippen LogP contribution in [0.2, 0.25) is 0 Å². The van der Waals surface area contributed by atoms with Crippen molar-refractivity contribution >= 4 is 82.1 Å². The van der Waals surface area contributed by atoms with Crippen LogP contribution in [-0.4, -0.2) is 0 Å². The first-order chi connectivity index (χ1) is 20.8. The first kappa shape index (κ1) is 23.1. The summed E-state index contributed by atoms with van der Waals surface area (Å²) >= 11 is 0. The number of benzene rings is 8. The Labute approximate surface area is 242 Å². The number of anilines is 3. The lowest BCUT2D eigenvalue weighted by Crippen LogP contribution is -2.10. The largest absolute Gasteiger partial charge is 0.456 e. The Morgan fingerprint density at radius 1 is 0.357 bits per heavy atom. The van der Waals surface area contributed by atoms with Gasteiger partial charge in [-0.2, -0.15) is 0 Å². The van der Waals surface area contributed by atoms with Crippen LogP contribution < -0.4 is 4.90 Å². The quantitative estimate of drug-likeness (QED) is 0.209. The number of hydrogen-bond donors (Lipinski definition) is 0. The zero-order valence-corrected chi connectivity index (χ0v) is 22.8. The van der Waals surface area contributed by atoms with E-state index in [2.05, 4.69) is 144 Å². The molecule has 0 fully saturated rings. The lowest BCUT2D eigenvalue weighted by Gasteiger charge is -2.27. The van der Waals surface area contributed by atoms with Crippen LogP contribution in [0.4, 0.5) is 17.1 Å². The van der Waals surface area contributed by atoms with Gasteiger partial charge in [-0.05, 0) is 74.1 Å². The standard InChI is InChI=1S/C40H25NO/c1-2-10-28(11-3-1)41(29-20-24-34-33-13-6-7-16-38(33)42-39(34)25-29)37-15-8-14-35-32(37)22-19-27-18-21-31-30-12-5-4-9-26(30)17-23-36(31)40(27)35/h1-25H. The van der Waals surface area contributed by atoms with E-state index < -0.39 is 0 Å². The Hall–Kier alpha value is -5.60. The highest BCUT2D eigenvalue weighted by Gasteiger charge is 2.18. The van der Waals surface area contributed by atoms with E-state index in [-0.39, 0.29) is 0 Å². The van der Waals surface area contributed by atoms with Crippen LogP contribution in [0.5, 0.6) is 0 Å². The highest BCUT2D eigenvalue weighted by molar-refractivity contribution is 6.26. The maximum atomic E-state index is 6.32. The molecular formula is C40H25NO. The summed E-state index contributed by atoms with van der Waals surface area (Å²) in [6.45, 7) is 0. The topological polar surface area (TPSA) is 16.4 Å². The zero-order valence-electron chi connectivity index (χ0n) is 22.8. The molecule has 0 aliphatic carbocycles. The lowest BCUT2D eigenvalue weighted by molar-refractivity contribution is 0.669. The number of hydrogen-bond acceptors (Lipinski definition) is 2. The molecule has 0 aliphatic rings. The summed E-state index contributed by atoms with van der Waals surface area (Å²) in [4.78, 5) is 2.35. The smallest absolute Gasteiger partial charge is 0.137 e. The van der Waals surface area contributed by atoms with Crippen molar-refractivity contribution < 1.29 is 4.42 Å². The summed E-state index contributed by atoms with van der Waals surface area (Å²) in [5, 5.41) is 12.4. The van der Waals surface area contributed by atoms with Gasteiger partial charge < -0.3 is 9.32 Å². The van der Waals surface area contributed by atoms with Gasteiger partial charge in [0.15, 0.2) is 0 Å². The van der Waals surface area contributed by atoms with Crippen LogP contribution >= 0.6 is 0 Å². The van der Waals surface area contributed by atoms with E-state index in [0.717, 1.165) is 39.0 Å². The van der Waals surface area contributed by atoms with Crippen molar-refractivity contribution in [3.05, 3.63) is 152 Å². The van der Waals surface area contributed by atoms with E-state index in [1.54, 1.807) is 0 Å². The molecule has 0 amide bonds. The van der Waals surface area contributed by atoms with Crippen LogP contribution in [0.3, 0.4) is 0 Å². The van der Waals surface area contributed by atoms with Gasteiger partial charge in [0.1, 0.15) is 11.2 Å². The van der Waals surface area contributed by atoms with Crippen molar-refractivity contribution in [1.29, 1.82) is 0 Å². The molecule has 0 atom stereocenters. The van der Waals surface area contributed by atoms with Crippen LogP contribution in [0, 0.1) is 0 Å². The Bertz CT molecular complexity index is 2470. The minimum absolute atomic E-state index is 0.887. The molecule has 0 radical (unpaired) electrons. The molecule has 0 N–H and O–H groups in total. The fraction of sp³-hybridized carbons (Fsp3) is 0. The molecule has 0 aliphatic heterocycles. The summed E-state index contributed by atoms with van der Waals surface area (Å²) in [6, 6.07) is 54.4. The Balaban J connectivity index is 1.33. The normalized spacial score (nSPS) is 11.8. The van der Waals surface area contributed by atoms with E-state index in [4.69, 9.17) is 4.42 Å². The molecule has 2 nitrogen and oxygen atoms in total. The van der Waals surface area contributed by atoms with E-state index in [1.807, 2.05) is 12.1 Å². The van der Waals surface area contributed by atoms with Gasteiger partial charge in [-0.3, -0.25) is 0 Å². The third-order valence-electron chi connectivity index (χ3n) is 8.62. The first-order valence-electron chi connectivity index (χ1n) is 14.4. The van der Waals surface area contributed by atoms with Gasteiger partial charge in [0.2, 0.25) is 0 Å². The molecule has 2 heteroatoms. The molecule has 0 bridgehead atoms. The highest BCUT2D eigenvalue weighted by Crippen LogP contribution is 2.43. The third kappa shape index (κ3) is 3.39. The van der Waals surface area contributed by atoms with E-state index in [1.165, 1.54) is 43.1 Å². The maximum Gasteiger partial charge on any atom is 0.137 e. The second kappa shape index (κ2) is 8.95. The highest BCUT2D eigenvalue weighted by atomic mass is 16.3. The molecule has 1 aromatic heterocycles. The molecule has 9 rings (SSSR count). The third-order valence-corrected chi connectivity index (χ3v) is 8.62. The number of para-hydroxylation sites is 2. The molecule has 0 saturated heterocycles. The van der Waals surface area contributed by atoms with Crippen LogP contribution in [-0.2, 0) is 0 Å². The first-order valence-corrected chi connectivity index (χ1v) is 14.4. The van der Waals surface area contributed by atoms with Gasteiger partial charge in [-0.15, -0.1) is 0 Å². The average molecular weight is 536 g/mol. The Kier molecular flexibility index (Phi) is 4.93. The predicted molar refractivity (Wildman–Crippen MR) is 178 cm³/mol. The number of rotatable bonds is 3. The molecule has 42 heavy (non-hydrogen) atoms. The fourth-order valence-electron chi connectivity index (χ4n) is 6.72. The van der Waals surface area contributed by atoms with Crippen LogP contribution in [0.15, 0.2) is 156 Å². The van der Waals surface area contributed by atoms with Crippen molar-refractivity contribution in [2.45, 2.75) is 0 Å². The maximum absolute atomic E-state index is 6.32. The molecule has 1 heterocycles. The number of fused-ring (bicyclic) bond motifs is 10. The van der Waals surface area contributed by atoms with Gasteiger partial charge in [-0.25, -0.2) is 0 Å². The molecule has 0 saturated carbocycles. The summed E-state index contributed by atoms with van der Waals surface area (Å²) in [5.41, 5.74) is 5.09. The lowest BCUT2D eigenvalue weighted by atomic mass is 9.93. The van der Waals surface area contributed by atoms with E-state index in [9.17, 15) is 0 Å². The van der Waals surface area contributed by atoms with Crippen molar-refractivity contribution in [3.63, 3.8) is 0 Å². The number of furan rings is 1. The van der Waals surface area contributed by atoms with Crippen LogP contribution in [0.25, 0.3) is 65.0 Å². The zero-order chi connectivity index (χ0) is 27.6. The summed E-state index contributed by atoms with van der Waals surface area (Å²) in [5.74, 6) is 0. The molecule has 8 aromatic carbocycles. The van der Waals surface area contributed by atoms with Gasteiger partial charge in [0.05, 0.1) is 5.69 Å². The molecule has 0 unspecified atom stereocenters. The van der Waals surface area contributed by atoms with Gasteiger partial charge in [0.25, 0.3) is 0 Å². The van der Waals surface area contributed by atoms with Crippen molar-refractivity contribution in [1.82, 2.24) is 0 Å². The Morgan fingerprint density at radius 3 is 1.90 bits per heavy atom. The summed E-state index contributed by atoms with van der Waals surface area (Å²) in [7, 11) is 0. The van der Waals surface area contributed by atoms with Crippen LogP contribution in [0.1, 0.15) is 0 Å². The predicted octanol–water partition coefficient (Wildman–Crippen LogP) is 11.7. The minimum atomic E-state index is 0.887. The van der Waals surface area contributed by atoms with Gasteiger partial charge in [0, 0.05) is 33.6 Å². The van der Waals surface area contributed by atoms with E-state index in [0.29, 0.717) is 0 Å². The van der Waals surface area contributed by atoms with Crippen molar-refractivity contribution in [3.8, 4) is 0 Å². The number of nitrogens with zero attached hydrogens (tertiary/aromatic N) is 1. The average Bonchev–Trinajstić information content (AvgIpc) is 3.43. The second-order valence-corrected chi connectivity index (χ2v) is 10.9. The SMILES string of the molecule is c1ccc(N(c2ccc3c(c2)oc2ccccc23)c2cccc3c2ccc2ccc4c5ccccc5ccc4c23)cc1. The molecule has 196 valence electrons. The van der Waals surface area contributed by atoms with Crippen molar-refractivity contribution in [2.24, 2.45) is 0 Å². The van der Waals surface area contributed by atoms with Gasteiger partial charge in [-0.1, -0.05) is 109 Å². The van der Waals surface area contributed by atoms with Gasteiger partial charge >= 0.3 is 0 Å². The second-order valence-electron chi connectivity index (χ2n) is 10.9. The summed E-state index contributed by atoms with van der Waals surface area (Å²) in [6.07, 6.45) is 0. The fourth-order valence-corrected chi connectivity index (χ4v) is 6.72. The van der Waals surface area contributed by atoms with Crippen molar-refractivity contribution in [2.75, 3.05) is 4.90 Å². The molecule has 9 aromatic rings. The monoisotopic (exact) mass is 535 g/mol. The summed E-state index contributed by atoms with van der Waals surface area (Å²) < 4.78 is 6.32. The molecule has 0 spiro atoms. The molecular weight excluding hydrogens is 510 g/mol.